The van der Waals surface area contributed by atoms with Crippen molar-refractivity contribution in [1.82, 2.24) is 10.2 Å². The monoisotopic (exact) mass is 332 g/mol. The highest BCUT2D eigenvalue weighted by Gasteiger charge is 2.47. The van der Waals surface area contributed by atoms with Crippen LogP contribution >= 0.6 is 27.3 Å². The summed E-state index contributed by atoms with van der Waals surface area (Å²) in [6.07, 6.45) is 0. The summed E-state index contributed by atoms with van der Waals surface area (Å²) in [4.78, 5) is 26.2. The van der Waals surface area contributed by atoms with Crippen molar-refractivity contribution in [3.63, 3.8) is 0 Å². The Morgan fingerprint density at radius 2 is 2.22 bits per heavy atom. The minimum Gasteiger partial charge on any atom is -0.382 e. The van der Waals surface area contributed by atoms with Gasteiger partial charge in [-0.15, -0.1) is 11.3 Å². The first-order valence-corrected chi connectivity index (χ1v) is 6.94. The van der Waals surface area contributed by atoms with Crippen LogP contribution in [0.1, 0.15) is 11.8 Å². The van der Waals surface area contributed by atoms with Crippen molar-refractivity contribution in [3.8, 4) is 0 Å². The Balaban J connectivity index is 2.14. The molecule has 0 saturated carbocycles. The summed E-state index contributed by atoms with van der Waals surface area (Å²) in [5, 5.41) is 2.66. The van der Waals surface area contributed by atoms with Crippen LogP contribution < -0.4 is 5.32 Å². The molecule has 2 heterocycles. The van der Waals surface area contributed by atoms with Crippen molar-refractivity contribution in [1.29, 1.82) is 0 Å². The fraction of sp³-hybridized carbons (Fsp3) is 0.455. The third-order valence-corrected chi connectivity index (χ3v) is 4.33. The van der Waals surface area contributed by atoms with E-state index in [-0.39, 0.29) is 18.5 Å². The SMILES string of the molecule is COCC1(C)NC(=O)N(Cc2ccc(Br)s2)C1=O. The van der Waals surface area contributed by atoms with E-state index in [1.54, 1.807) is 6.92 Å². The topological polar surface area (TPSA) is 58.6 Å². The van der Waals surface area contributed by atoms with Crippen molar-refractivity contribution in [2.75, 3.05) is 13.7 Å². The highest BCUT2D eigenvalue weighted by Crippen LogP contribution is 2.26. The van der Waals surface area contributed by atoms with Crippen molar-refractivity contribution < 1.29 is 14.3 Å². The van der Waals surface area contributed by atoms with Crippen LogP contribution in [0.3, 0.4) is 0 Å². The lowest BCUT2D eigenvalue weighted by Crippen LogP contribution is -2.47. The van der Waals surface area contributed by atoms with Crippen LogP contribution in [0.2, 0.25) is 0 Å². The minimum absolute atomic E-state index is 0.169. The van der Waals surface area contributed by atoms with E-state index in [0.717, 1.165) is 8.66 Å². The molecule has 1 N–H and O–H groups in total. The van der Waals surface area contributed by atoms with Gasteiger partial charge >= 0.3 is 6.03 Å². The zero-order chi connectivity index (χ0) is 13.3. The minimum atomic E-state index is -0.958. The van der Waals surface area contributed by atoms with Gasteiger partial charge in [-0.2, -0.15) is 0 Å². The van der Waals surface area contributed by atoms with E-state index in [4.69, 9.17) is 4.74 Å². The number of amides is 3. The summed E-state index contributed by atoms with van der Waals surface area (Å²) in [7, 11) is 1.50. The molecule has 98 valence electrons. The van der Waals surface area contributed by atoms with E-state index in [2.05, 4.69) is 21.2 Å². The van der Waals surface area contributed by atoms with E-state index in [1.807, 2.05) is 12.1 Å². The smallest absolute Gasteiger partial charge is 0.325 e. The molecule has 1 saturated heterocycles. The second-order valence-corrected chi connectivity index (χ2v) is 6.84. The lowest BCUT2D eigenvalue weighted by molar-refractivity contribution is -0.132. The van der Waals surface area contributed by atoms with Gasteiger partial charge in [-0.25, -0.2) is 4.79 Å². The number of nitrogens with zero attached hydrogens (tertiary/aromatic N) is 1. The van der Waals surface area contributed by atoms with Gasteiger partial charge in [-0.05, 0) is 35.0 Å². The zero-order valence-electron chi connectivity index (χ0n) is 10.0. The molecule has 3 amide bonds. The van der Waals surface area contributed by atoms with Crippen LogP contribution in [-0.4, -0.2) is 36.1 Å². The quantitative estimate of drug-likeness (QED) is 0.857. The molecule has 0 aromatic carbocycles. The predicted octanol–water partition coefficient (Wildman–Crippen LogP) is 1.97. The van der Waals surface area contributed by atoms with E-state index in [0.29, 0.717) is 6.54 Å². The van der Waals surface area contributed by atoms with E-state index < -0.39 is 5.54 Å². The molecule has 5 nitrogen and oxygen atoms in total. The van der Waals surface area contributed by atoms with Crippen LogP contribution in [0, 0.1) is 0 Å². The predicted molar refractivity (Wildman–Crippen MR) is 71.4 cm³/mol. The van der Waals surface area contributed by atoms with Gasteiger partial charge in [0, 0.05) is 12.0 Å². The number of hydrogen-bond donors (Lipinski definition) is 1. The van der Waals surface area contributed by atoms with E-state index in [9.17, 15) is 9.59 Å². The highest BCUT2D eigenvalue weighted by molar-refractivity contribution is 9.11. The number of imide groups is 1. The largest absolute Gasteiger partial charge is 0.382 e. The van der Waals surface area contributed by atoms with Gasteiger partial charge in [0.05, 0.1) is 16.9 Å². The van der Waals surface area contributed by atoms with E-state index in [1.165, 1.54) is 23.3 Å². The molecule has 0 bridgehead atoms. The normalized spacial score (nSPS) is 23.6. The van der Waals surface area contributed by atoms with Gasteiger partial charge in [-0.3, -0.25) is 9.69 Å². The third-order valence-electron chi connectivity index (χ3n) is 2.72. The van der Waals surface area contributed by atoms with Crippen molar-refractivity contribution in [2.45, 2.75) is 19.0 Å². The van der Waals surface area contributed by atoms with Gasteiger partial charge < -0.3 is 10.1 Å². The number of hydrogen-bond acceptors (Lipinski definition) is 4. The van der Waals surface area contributed by atoms with Gasteiger partial charge in [0.25, 0.3) is 5.91 Å². The molecule has 1 aromatic heterocycles. The van der Waals surface area contributed by atoms with Crippen LogP contribution in [0.25, 0.3) is 0 Å². The first-order chi connectivity index (χ1) is 8.46. The molecule has 2 rings (SSSR count). The fourth-order valence-electron chi connectivity index (χ4n) is 1.87. The van der Waals surface area contributed by atoms with E-state index >= 15 is 0 Å². The average Bonchev–Trinajstić information content (AvgIpc) is 2.78. The Morgan fingerprint density at radius 1 is 1.50 bits per heavy atom. The van der Waals surface area contributed by atoms with Gasteiger partial charge in [0.15, 0.2) is 0 Å². The Hall–Kier alpha value is -0.920. The molecule has 18 heavy (non-hydrogen) atoms. The van der Waals surface area contributed by atoms with Crippen LogP contribution in [0.5, 0.6) is 0 Å². The molecule has 1 atom stereocenters. The maximum atomic E-state index is 12.2. The number of halogens is 1. The molecule has 7 heteroatoms. The summed E-state index contributed by atoms with van der Waals surface area (Å²) in [6, 6.07) is 3.41. The first kappa shape index (κ1) is 13.5. The number of carbonyl (C=O) groups excluding carboxylic acids is 2. The fourth-order valence-corrected chi connectivity index (χ4v) is 3.34. The Kier molecular flexibility index (Phi) is 3.74. The number of nitrogens with one attached hydrogen (secondary N) is 1. The second-order valence-electron chi connectivity index (χ2n) is 4.29. The molecule has 0 aliphatic carbocycles. The van der Waals surface area contributed by atoms with Crippen LogP contribution in [0.15, 0.2) is 15.9 Å². The second kappa shape index (κ2) is 4.99. The Bertz CT molecular complexity index is 490. The maximum Gasteiger partial charge on any atom is 0.325 e. The summed E-state index contributed by atoms with van der Waals surface area (Å²) >= 11 is 4.86. The number of urea groups is 1. The molecule has 0 spiro atoms. The third kappa shape index (κ3) is 2.43. The summed E-state index contributed by atoms with van der Waals surface area (Å²) in [5.74, 6) is -0.251. The molecule has 1 aromatic rings. The summed E-state index contributed by atoms with van der Waals surface area (Å²) in [5.41, 5.74) is -0.958. The Labute approximate surface area is 117 Å². The number of methoxy groups -OCH3 is 1. The number of rotatable bonds is 4. The summed E-state index contributed by atoms with van der Waals surface area (Å²) < 4.78 is 5.96. The lowest BCUT2D eigenvalue weighted by Gasteiger charge is -2.20. The number of thiophene rings is 1. The molecule has 1 fully saturated rings. The Morgan fingerprint density at radius 3 is 2.78 bits per heavy atom. The van der Waals surface area contributed by atoms with Gasteiger partial charge in [0.2, 0.25) is 0 Å². The van der Waals surface area contributed by atoms with Crippen molar-refractivity contribution in [3.05, 3.63) is 20.8 Å². The standard InChI is InChI=1S/C11H13BrN2O3S/c1-11(6-17-2)9(15)14(10(16)13-11)5-7-3-4-8(12)18-7/h3-4H,5-6H2,1-2H3,(H,13,16). The van der Waals surface area contributed by atoms with Crippen LogP contribution in [0.4, 0.5) is 4.79 Å². The lowest BCUT2D eigenvalue weighted by atomic mass is 10.0. The van der Waals surface area contributed by atoms with Crippen LogP contribution in [-0.2, 0) is 16.1 Å². The summed E-state index contributed by atoms with van der Waals surface area (Å²) in [6.45, 7) is 2.13. The molecule has 1 unspecified atom stereocenters. The van der Waals surface area contributed by atoms with Crippen molar-refractivity contribution in [2.24, 2.45) is 0 Å². The maximum absolute atomic E-state index is 12.2. The highest BCUT2D eigenvalue weighted by atomic mass is 79.9. The van der Waals surface area contributed by atoms with Gasteiger partial charge in [0.1, 0.15) is 5.54 Å². The molecular weight excluding hydrogens is 320 g/mol. The molecular formula is C11H13BrN2O3S. The first-order valence-electron chi connectivity index (χ1n) is 5.33. The number of ether oxygens (including phenoxy) is 1. The zero-order valence-corrected chi connectivity index (χ0v) is 12.4. The molecule has 1 aliphatic heterocycles. The molecule has 0 radical (unpaired) electrons. The average molecular weight is 333 g/mol. The molecule has 1 aliphatic rings. The van der Waals surface area contributed by atoms with Crippen molar-refractivity contribution >= 4 is 39.2 Å². The number of carbonyl (C=O) groups is 2. The van der Waals surface area contributed by atoms with Gasteiger partial charge in [-0.1, -0.05) is 0 Å².